The lowest BCUT2D eigenvalue weighted by molar-refractivity contribution is 0.438. The van der Waals surface area contributed by atoms with Crippen LogP contribution in [0.15, 0.2) is 201 Å². The first-order valence-corrected chi connectivity index (χ1v) is 21.2. The van der Waals surface area contributed by atoms with Gasteiger partial charge in [0.05, 0.1) is 44.0 Å². The molecule has 1 unspecified atom stereocenters. The van der Waals surface area contributed by atoms with E-state index in [1.54, 1.807) is 0 Å². The van der Waals surface area contributed by atoms with Crippen molar-refractivity contribution in [1.82, 2.24) is 18.7 Å². The van der Waals surface area contributed by atoms with Crippen LogP contribution in [0.2, 0.25) is 0 Å². The molecule has 0 bridgehead atoms. The van der Waals surface area contributed by atoms with E-state index in [0.717, 1.165) is 78.5 Å². The first-order chi connectivity index (χ1) is 30.6. The van der Waals surface area contributed by atoms with Gasteiger partial charge in [0.25, 0.3) is 0 Å². The SMILES string of the molecule is C=C/C=c1\c2n(c3ccccc13)-c1ccccc1C1(C=2C)c2ccccc2Oc2cc3c4ccccc4n(-c4ccc(-c5nc6ccccc6n5-c5ccccc5)cc4)c3cc21. The number of imidazole rings is 1. The first-order valence-electron chi connectivity index (χ1n) is 21.2. The number of aromatic nitrogens is 4. The quantitative estimate of drug-likeness (QED) is 0.178. The summed E-state index contributed by atoms with van der Waals surface area (Å²) >= 11 is 0. The van der Waals surface area contributed by atoms with Crippen LogP contribution < -0.4 is 15.3 Å². The summed E-state index contributed by atoms with van der Waals surface area (Å²) in [6, 6.07) is 67.4. The van der Waals surface area contributed by atoms with Crippen LogP contribution in [0, 0.1) is 0 Å². The summed E-state index contributed by atoms with van der Waals surface area (Å²) in [5.41, 5.74) is 13.9. The Morgan fingerprint density at radius 1 is 0.516 bits per heavy atom. The Labute approximate surface area is 357 Å². The van der Waals surface area contributed by atoms with Gasteiger partial charge in [-0.25, -0.2) is 4.98 Å². The number of para-hydroxylation sites is 7. The van der Waals surface area contributed by atoms with Crippen molar-refractivity contribution in [3.63, 3.8) is 0 Å². The molecule has 0 N–H and O–H groups in total. The van der Waals surface area contributed by atoms with Crippen molar-refractivity contribution in [2.75, 3.05) is 0 Å². The highest BCUT2D eigenvalue weighted by molar-refractivity contribution is 6.11. The van der Waals surface area contributed by atoms with E-state index in [2.05, 4.69) is 221 Å². The zero-order valence-corrected chi connectivity index (χ0v) is 34.0. The molecular weight excluding hydrogens is 757 g/mol. The van der Waals surface area contributed by atoms with Crippen LogP contribution in [-0.2, 0) is 5.41 Å². The Morgan fingerprint density at radius 2 is 1.16 bits per heavy atom. The fourth-order valence-electron chi connectivity index (χ4n) is 10.8. The van der Waals surface area contributed by atoms with Gasteiger partial charge in [-0.3, -0.25) is 4.57 Å². The van der Waals surface area contributed by atoms with E-state index in [1.807, 2.05) is 6.08 Å². The van der Waals surface area contributed by atoms with Crippen LogP contribution in [-0.4, -0.2) is 18.7 Å². The summed E-state index contributed by atoms with van der Waals surface area (Å²) in [6.45, 7) is 6.51. The second kappa shape index (κ2) is 12.9. The average Bonchev–Trinajstić information content (AvgIpc) is 3.98. The molecule has 11 aromatic rings. The summed E-state index contributed by atoms with van der Waals surface area (Å²) < 4.78 is 14.2. The highest BCUT2D eigenvalue weighted by Gasteiger charge is 2.49. The van der Waals surface area contributed by atoms with E-state index in [1.165, 1.54) is 38.0 Å². The molecule has 0 radical (unpaired) electrons. The molecule has 1 spiro atoms. The van der Waals surface area contributed by atoms with Gasteiger partial charge in [-0.1, -0.05) is 122 Å². The summed E-state index contributed by atoms with van der Waals surface area (Å²) in [5.74, 6) is 2.64. The summed E-state index contributed by atoms with van der Waals surface area (Å²) in [5, 5.41) is 5.87. The minimum Gasteiger partial charge on any atom is -0.457 e. The second-order valence-corrected chi connectivity index (χ2v) is 16.4. The highest BCUT2D eigenvalue weighted by atomic mass is 16.5. The van der Waals surface area contributed by atoms with E-state index in [9.17, 15) is 0 Å². The van der Waals surface area contributed by atoms with Crippen molar-refractivity contribution >= 4 is 55.4 Å². The molecule has 5 heteroatoms. The number of hydrogen-bond acceptors (Lipinski definition) is 2. The Balaban J connectivity index is 1.10. The van der Waals surface area contributed by atoms with E-state index >= 15 is 0 Å². The van der Waals surface area contributed by atoms with Gasteiger partial charge < -0.3 is 13.9 Å². The smallest absolute Gasteiger partial charge is 0.145 e. The van der Waals surface area contributed by atoms with Gasteiger partial charge in [0.1, 0.15) is 17.3 Å². The third-order valence-corrected chi connectivity index (χ3v) is 13.3. The van der Waals surface area contributed by atoms with E-state index in [0.29, 0.717) is 0 Å². The van der Waals surface area contributed by atoms with Crippen LogP contribution in [0.1, 0.15) is 23.6 Å². The lowest BCUT2D eigenvalue weighted by Crippen LogP contribution is -2.46. The third kappa shape index (κ3) is 4.54. The maximum atomic E-state index is 7.04. The van der Waals surface area contributed by atoms with Crippen LogP contribution in [0.4, 0.5) is 0 Å². The number of hydrogen-bond donors (Lipinski definition) is 0. The molecule has 62 heavy (non-hydrogen) atoms. The molecule has 13 rings (SSSR count). The Kier molecular flexibility index (Phi) is 7.23. The molecule has 8 aromatic carbocycles. The fraction of sp³-hybridized carbons (Fsp3) is 0.0351. The topological polar surface area (TPSA) is 36.9 Å². The molecular formula is C57H38N4O. The van der Waals surface area contributed by atoms with Crippen LogP contribution >= 0.6 is 0 Å². The molecule has 3 aromatic heterocycles. The van der Waals surface area contributed by atoms with Crippen molar-refractivity contribution in [3.8, 4) is 39.9 Å². The van der Waals surface area contributed by atoms with Crippen molar-refractivity contribution in [3.05, 3.63) is 228 Å². The van der Waals surface area contributed by atoms with Crippen LogP contribution in [0.5, 0.6) is 11.5 Å². The molecule has 2 aliphatic rings. The fourth-order valence-corrected chi connectivity index (χ4v) is 10.8. The van der Waals surface area contributed by atoms with Gasteiger partial charge in [-0.05, 0) is 103 Å². The molecule has 1 atom stereocenters. The minimum atomic E-state index is -0.676. The lowest BCUT2D eigenvalue weighted by Gasteiger charge is -2.44. The average molecular weight is 795 g/mol. The Hall–Kier alpha value is -8.15. The van der Waals surface area contributed by atoms with Crippen LogP contribution in [0.25, 0.3) is 83.8 Å². The third-order valence-electron chi connectivity index (χ3n) is 13.3. The van der Waals surface area contributed by atoms with Gasteiger partial charge in [0.15, 0.2) is 0 Å². The molecule has 0 amide bonds. The van der Waals surface area contributed by atoms with Crippen molar-refractivity contribution in [2.24, 2.45) is 0 Å². The lowest BCUT2D eigenvalue weighted by atomic mass is 9.62. The molecule has 5 heterocycles. The maximum absolute atomic E-state index is 7.04. The van der Waals surface area contributed by atoms with Crippen molar-refractivity contribution < 1.29 is 4.74 Å². The molecule has 0 aliphatic carbocycles. The molecule has 0 fully saturated rings. The predicted molar refractivity (Wildman–Crippen MR) is 254 cm³/mol. The molecule has 5 nitrogen and oxygen atoms in total. The van der Waals surface area contributed by atoms with Crippen molar-refractivity contribution in [1.29, 1.82) is 0 Å². The molecule has 0 saturated heterocycles. The number of benzene rings is 8. The molecule has 292 valence electrons. The van der Waals surface area contributed by atoms with Gasteiger partial charge >= 0.3 is 0 Å². The van der Waals surface area contributed by atoms with Gasteiger partial charge in [-0.2, -0.15) is 0 Å². The summed E-state index contributed by atoms with van der Waals surface area (Å²) in [7, 11) is 0. The first kappa shape index (κ1) is 34.7. The van der Waals surface area contributed by atoms with Gasteiger partial charge in [0, 0.05) is 49.4 Å². The Bertz CT molecular complexity index is 3810. The summed E-state index contributed by atoms with van der Waals surface area (Å²) in [6.07, 6.45) is 4.09. The zero-order valence-electron chi connectivity index (χ0n) is 34.0. The number of nitrogens with zero attached hydrogens (tertiary/aromatic N) is 4. The van der Waals surface area contributed by atoms with Gasteiger partial charge in [0.2, 0.25) is 0 Å². The zero-order chi connectivity index (χ0) is 41.1. The highest BCUT2D eigenvalue weighted by Crippen LogP contribution is 2.59. The normalized spacial score (nSPS) is 15.5. The van der Waals surface area contributed by atoms with Crippen molar-refractivity contribution in [2.45, 2.75) is 12.3 Å². The Morgan fingerprint density at radius 3 is 1.97 bits per heavy atom. The van der Waals surface area contributed by atoms with E-state index < -0.39 is 5.41 Å². The van der Waals surface area contributed by atoms with E-state index in [4.69, 9.17) is 9.72 Å². The second-order valence-electron chi connectivity index (χ2n) is 16.4. The minimum absolute atomic E-state index is 0.676. The number of ether oxygens (including phenoxy) is 1. The predicted octanol–water partition coefficient (Wildman–Crippen LogP) is 12.3. The number of allylic oxidation sites excluding steroid dienone is 1. The van der Waals surface area contributed by atoms with Crippen LogP contribution in [0.3, 0.4) is 0 Å². The summed E-state index contributed by atoms with van der Waals surface area (Å²) in [4.78, 5) is 5.17. The largest absolute Gasteiger partial charge is 0.457 e. The maximum Gasteiger partial charge on any atom is 0.145 e. The van der Waals surface area contributed by atoms with E-state index in [-0.39, 0.29) is 0 Å². The standard InChI is InChI=1S/C57H38N4O/c1-3-17-42-40-20-7-13-26-49(40)61-50-27-14-9-22-44(50)57(36(2)55(42)61)45-23-10-16-29-53(45)62-54-34-43-41-21-8-12-25-48(41)59(52(43)35-46(54)57)39-32-30-37(31-33-39)56-58-47-24-11-15-28-51(47)60(56)38-18-5-4-6-19-38/h3-35H,1H2,2H3/b42-17-. The molecule has 0 saturated carbocycles. The van der Waals surface area contributed by atoms with Gasteiger partial charge in [-0.15, -0.1) is 0 Å². The number of fused-ring (bicyclic) bond motifs is 14. The number of rotatable bonds is 4. The molecule has 2 aliphatic heterocycles. The monoisotopic (exact) mass is 794 g/mol.